The molecule has 0 saturated heterocycles. The van der Waals surface area contributed by atoms with Crippen molar-refractivity contribution >= 4 is 37.9 Å². The van der Waals surface area contributed by atoms with Crippen LogP contribution in [0.4, 0.5) is 0 Å². The van der Waals surface area contributed by atoms with E-state index in [9.17, 15) is 9.90 Å². The Morgan fingerprint density at radius 1 is 1.38 bits per heavy atom. The SMILES string of the molecule is Cn1c(=O)n([C@H]2C[C@@H](O)C2)c2c3cc(Br)ccc3ncc21. The van der Waals surface area contributed by atoms with Gasteiger partial charge in [-0.15, -0.1) is 0 Å². The minimum atomic E-state index is -0.294. The molecule has 0 atom stereocenters. The van der Waals surface area contributed by atoms with E-state index in [4.69, 9.17) is 0 Å². The van der Waals surface area contributed by atoms with Crippen molar-refractivity contribution in [3.8, 4) is 0 Å². The third-order valence-electron chi connectivity index (χ3n) is 4.33. The van der Waals surface area contributed by atoms with Gasteiger partial charge in [0, 0.05) is 22.9 Å². The van der Waals surface area contributed by atoms with E-state index < -0.39 is 0 Å². The standard InChI is InChI=1S/C15H14BrN3O2/c1-18-13-7-17-12-3-2-8(16)4-11(12)14(13)19(15(18)21)9-5-10(20)6-9/h2-4,7,9-10,20H,5-6H2,1H3/t9-,10+. The zero-order valence-electron chi connectivity index (χ0n) is 11.5. The predicted octanol–water partition coefficient (Wildman–Crippen LogP) is 2.35. The number of aryl methyl sites for hydroxylation is 1. The Bertz CT molecular complexity index is 922. The van der Waals surface area contributed by atoms with Crippen LogP contribution in [0.15, 0.2) is 33.7 Å². The molecule has 0 aliphatic heterocycles. The van der Waals surface area contributed by atoms with E-state index in [0.29, 0.717) is 12.8 Å². The van der Waals surface area contributed by atoms with Crippen molar-refractivity contribution in [2.75, 3.05) is 0 Å². The summed E-state index contributed by atoms with van der Waals surface area (Å²) in [5.74, 6) is 0. The van der Waals surface area contributed by atoms with Crippen LogP contribution >= 0.6 is 15.9 Å². The molecule has 5 nitrogen and oxygen atoms in total. The lowest BCUT2D eigenvalue weighted by Gasteiger charge is -2.32. The van der Waals surface area contributed by atoms with Crippen LogP contribution < -0.4 is 5.69 Å². The molecule has 4 rings (SSSR count). The predicted molar refractivity (Wildman–Crippen MR) is 84.5 cm³/mol. The monoisotopic (exact) mass is 347 g/mol. The van der Waals surface area contributed by atoms with Gasteiger partial charge in [0.15, 0.2) is 0 Å². The molecule has 0 spiro atoms. The number of hydrogen-bond acceptors (Lipinski definition) is 3. The Balaban J connectivity index is 2.14. The highest BCUT2D eigenvalue weighted by Gasteiger charge is 2.32. The Morgan fingerprint density at radius 2 is 2.14 bits per heavy atom. The molecule has 1 aliphatic carbocycles. The Morgan fingerprint density at radius 3 is 2.86 bits per heavy atom. The number of benzene rings is 1. The molecule has 3 aromatic rings. The van der Waals surface area contributed by atoms with Crippen molar-refractivity contribution in [2.24, 2.45) is 7.05 Å². The number of aliphatic hydroxyl groups excluding tert-OH is 1. The summed E-state index contributed by atoms with van der Waals surface area (Å²) in [6, 6.07) is 5.95. The number of fused-ring (bicyclic) bond motifs is 3. The second kappa shape index (κ2) is 4.42. The van der Waals surface area contributed by atoms with Crippen LogP contribution in [0.2, 0.25) is 0 Å². The highest BCUT2D eigenvalue weighted by molar-refractivity contribution is 9.10. The lowest BCUT2D eigenvalue weighted by molar-refractivity contribution is 0.0487. The van der Waals surface area contributed by atoms with Crippen molar-refractivity contribution < 1.29 is 5.11 Å². The fraction of sp³-hybridized carbons (Fsp3) is 0.333. The van der Waals surface area contributed by atoms with Crippen molar-refractivity contribution in [2.45, 2.75) is 25.0 Å². The zero-order chi connectivity index (χ0) is 14.7. The molecule has 21 heavy (non-hydrogen) atoms. The van der Waals surface area contributed by atoms with Gasteiger partial charge in [0.1, 0.15) is 0 Å². The van der Waals surface area contributed by atoms with E-state index in [1.54, 1.807) is 17.8 Å². The van der Waals surface area contributed by atoms with E-state index in [2.05, 4.69) is 20.9 Å². The molecule has 2 heterocycles. The molecule has 0 radical (unpaired) electrons. The summed E-state index contributed by atoms with van der Waals surface area (Å²) in [4.78, 5) is 17.0. The fourth-order valence-corrected chi connectivity index (χ4v) is 3.47. The molecule has 6 heteroatoms. The van der Waals surface area contributed by atoms with Crippen LogP contribution in [0.3, 0.4) is 0 Å². The topological polar surface area (TPSA) is 60.0 Å². The van der Waals surface area contributed by atoms with Crippen LogP contribution in [0.1, 0.15) is 18.9 Å². The first-order valence-corrected chi connectivity index (χ1v) is 7.69. The molecule has 0 bridgehead atoms. The van der Waals surface area contributed by atoms with E-state index in [1.165, 1.54) is 0 Å². The van der Waals surface area contributed by atoms with E-state index in [-0.39, 0.29) is 17.8 Å². The summed E-state index contributed by atoms with van der Waals surface area (Å²) < 4.78 is 4.41. The van der Waals surface area contributed by atoms with Gasteiger partial charge in [-0.1, -0.05) is 15.9 Å². The molecule has 1 fully saturated rings. The van der Waals surface area contributed by atoms with Gasteiger partial charge in [0.2, 0.25) is 0 Å². The van der Waals surface area contributed by atoms with Crippen molar-refractivity contribution in [1.82, 2.24) is 14.1 Å². The number of aliphatic hydroxyl groups is 1. The first kappa shape index (κ1) is 13.0. The average molecular weight is 348 g/mol. The smallest absolute Gasteiger partial charge is 0.329 e. The zero-order valence-corrected chi connectivity index (χ0v) is 13.0. The summed E-state index contributed by atoms with van der Waals surface area (Å²) >= 11 is 3.48. The molecule has 0 amide bonds. The summed E-state index contributed by atoms with van der Waals surface area (Å²) in [5, 5.41) is 10.5. The normalized spacial score (nSPS) is 21.9. The molecule has 1 saturated carbocycles. The molecule has 1 N–H and O–H groups in total. The number of halogens is 1. The number of aromatic nitrogens is 3. The maximum atomic E-state index is 12.6. The largest absolute Gasteiger partial charge is 0.393 e. The minimum absolute atomic E-state index is 0.0452. The van der Waals surface area contributed by atoms with Gasteiger partial charge in [0.25, 0.3) is 0 Å². The van der Waals surface area contributed by atoms with Crippen LogP contribution in [0.25, 0.3) is 21.9 Å². The van der Waals surface area contributed by atoms with Crippen molar-refractivity contribution in [3.05, 3.63) is 39.4 Å². The Hall–Kier alpha value is -1.66. The highest BCUT2D eigenvalue weighted by Crippen LogP contribution is 2.35. The van der Waals surface area contributed by atoms with Gasteiger partial charge in [-0.05, 0) is 31.0 Å². The second-order valence-electron chi connectivity index (χ2n) is 5.64. The molecular formula is C15H14BrN3O2. The molecule has 1 aromatic carbocycles. The highest BCUT2D eigenvalue weighted by atomic mass is 79.9. The number of imidazole rings is 1. The van der Waals surface area contributed by atoms with Crippen LogP contribution in [-0.4, -0.2) is 25.3 Å². The fourth-order valence-electron chi connectivity index (χ4n) is 3.11. The van der Waals surface area contributed by atoms with Gasteiger partial charge in [0.05, 0.1) is 28.9 Å². The number of hydrogen-bond donors (Lipinski definition) is 1. The summed E-state index contributed by atoms with van der Waals surface area (Å²) in [7, 11) is 1.77. The van der Waals surface area contributed by atoms with Crippen LogP contribution in [0, 0.1) is 0 Å². The van der Waals surface area contributed by atoms with Crippen molar-refractivity contribution in [1.29, 1.82) is 0 Å². The van der Waals surface area contributed by atoms with Gasteiger partial charge in [-0.2, -0.15) is 0 Å². The summed E-state index contributed by atoms with van der Waals surface area (Å²) in [6.45, 7) is 0. The van der Waals surface area contributed by atoms with Gasteiger partial charge in [-0.25, -0.2) is 4.79 Å². The van der Waals surface area contributed by atoms with Gasteiger partial charge < -0.3 is 5.11 Å². The summed E-state index contributed by atoms with van der Waals surface area (Å²) in [6.07, 6.45) is 2.73. The third kappa shape index (κ3) is 1.79. The first-order chi connectivity index (χ1) is 10.1. The third-order valence-corrected chi connectivity index (χ3v) is 4.82. The first-order valence-electron chi connectivity index (χ1n) is 6.89. The molecular weight excluding hydrogens is 334 g/mol. The van der Waals surface area contributed by atoms with Crippen LogP contribution in [-0.2, 0) is 7.05 Å². The molecule has 0 unspecified atom stereocenters. The maximum absolute atomic E-state index is 12.6. The van der Waals surface area contributed by atoms with Crippen molar-refractivity contribution in [3.63, 3.8) is 0 Å². The average Bonchev–Trinajstić information content (AvgIpc) is 2.68. The lowest BCUT2D eigenvalue weighted by atomic mass is 9.89. The second-order valence-corrected chi connectivity index (χ2v) is 6.56. The quantitative estimate of drug-likeness (QED) is 0.734. The summed E-state index contributed by atoms with van der Waals surface area (Å²) in [5.41, 5.74) is 2.55. The van der Waals surface area contributed by atoms with E-state index in [0.717, 1.165) is 26.4 Å². The molecule has 108 valence electrons. The lowest BCUT2D eigenvalue weighted by Crippen LogP contribution is -2.36. The number of rotatable bonds is 1. The van der Waals surface area contributed by atoms with E-state index >= 15 is 0 Å². The molecule has 2 aromatic heterocycles. The van der Waals surface area contributed by atoms with Gasteiger partial charge >= 0.3 is 5.69 Å². The molecule has 1 aliphatic rings. The van der Waals surface area contributed by atoms with E-state index in [1.807, 2.05) is 22.8 Å². The number of nitrogens with zero attached hydrogens (tertiary/aromatic N) is 3. The Kier molecular flexibility index (Phi) is 2.74. The van der Waals surface area contributed by atoms with Crippen LogP contribution in [0.5, 0.6) is 0 Å². The minimum Gasteiger partial charge on any atom is -0.393 e. The Labute approximate surface area is 129 Å². The maximum Gasteiger partial charge on any atom is 0.329 e. The van der Waals surface area contributed by atoms with Gasteiger partial charge in [-0.3, -0.25) is 14.1 Å². The number of pyridine rings is 1.